The fourth-order valence-corrected chi connectivity index (χ4v) is 3.74. The van der Waals surface area contributed by atoms with Crippen LogP contribution < -0.4 is 14.8 Å². The first-order chi connectivity index (χ1) is 14.5. The van der Waals surface area contributed by atoms with E-state index in [0.29, 0.717) is 17.5 Å². The van der Waals surface area contributed by atoms with Crippen LogP contribution in [0.1, 0.15) is 25.2 Å². The zero-order valence-corrected chi connectivity index (χ0v) is 18.4. The van der Waals surface area contributed by atoms with Crippen molar-refractivity contribution in [3.05, 3.63) is 59.9 Å². The molecule has 1 heterocycles. The van der Waals surface area contributed by atoms with Crippen LogP contribution in [0.15, 0.2) is 53.7 Å². The van der Waals surface area contributed by atoms with Crippen LogP contribution >= 0.6 is 11.8 Å². The molecule has 0 aliphatic rings. The molecule has 0 spiro atoms. The van der Waals surface area contributed by atoms with Gasteiger partial charge in [-0.3, -0.25) is 4.79 Å². The molecule has 0 saturated carbocycles. The zero-order chi connectivity index (χ0) is 21.5. The van der Waals surface area contributed by atoms with E-state index in [2.05, 4.69) is 15.5 Å². The molecule has 30 heavy (non-hydrogen) atoms. The van der Waals surface area contributed by atoms with Gasteiger partial charge in [-0.05, 0) is 56.7 Å². The van der Waals surface area contributed by atoms with Gasteiger partial charge in [0.2, 0.25) is 5.91 Å². The first kappa shape index (κ1) is 21.7. The number of ether oxygens (including phenoxy) is 2. The predicted molar refractivity (Wildman–Crippen MR) is 118 cm³/mol. The Morgan fingerprint density at radius 1 is 1.13 bits per heavy atom. The average Bonchev–Trinajstić information content (AvgIpc) is 3.15. The number of nitrogens with zero attached hydrogens (tertiary/aromatic N) is 3. The number of para-hydroxylation sites is 1. The third-order valence-electron chi connectivity index (χ3n) is 4.59. The Labute approximate surface area is 180 Å². The van der Waals surface area contributed by atoms with Crippen molar-refractivity contribution < 1.29 is 14.3 Å². The maximum absolute atomic E-state index is 12.6. The number of aromatic nitrogens is 3. The van der Waals surface area contributed by atoms with E-state index in [1.54, 1.807) is 7.11 Å². The lowest BCUT2D eigenvalue weighted by atomic mass is 10.2. The Morgan fingerprint density at radius 3 is 2.50 bits per heavy atom. The second-order valence-corrected chi connectivity index (χ2v) is 7.98. The van der Waals surface area contributed by atoms with E-state index in [9.17, 15) is 4.79 Å². The fourth-order valence-electron chi connectivity index (χ4n) is 2.81. The second kappa shape index (κ2) is 10.2. The molecule has 158 valence electrons. The molecule has 1 N–H and O–H groups in total. The summed E-state index contributed by atoms with van der Waals surface area (Å²) in [4.78, 5) is 12.6. The van der Waals surface area contributed by atoms with Crippen LogP contribution in [-0.4, -0.2) is 33.0 Å². The Hall–Kier alpha value is -3.00. The third kappa shape index (κ3) is 5.33. The zero-order valence-electron chi connectivity index (χ0n) is 17.6. The van der Waals surface area contributed by atoms with Gasteiger partial charge in [-0.15, -0.1) is 10.2 Å². The minimum Gasteiger partial charge on any atom is -0.497 e. The summed E-state index contributed by atoms with van der Waals surface area (Å²) in [5.74, 6) is 2.13. The monoisotopic (exact) mass is 426 g/mol. The Bertz CT molecular complexity index is 988. The fraction of sp³-hybridized carbons (Fsp3) is 0.318. The number of benzene rings is 2. The quantitative estimate of drug-likeness (QED) is 0.514. The highest BCUT2D eigenvalue weighted by atomic mass is 32.2. The van der Waals surface area contributed by atoms with Crippen molar-refractivity contribution in [1.82, 2.24) is 14.8 Å². The van der Waals surface area contributed by atoms with Gasteiger partial charge in [-0.2, -0.15) is 0 Å². The maximum Gasteiger partial charge on any atom is 0.237 e. The molecule has 1 aromatic heterocycles. The highest BCUT2D eigenvalue weighted by Gasteiger charge is 2.20. The molecule has 3 aromatic rings. The SMILES string of the molecule is CCn1c(COc2ccc(OC)cc2)nnc1S[C@@H](C)C(=O)Nc1ccccc1C. The molecule has 0 fully saturated rings. The number of methoxy groups -OCH3 is 1. The Morgan fingerprint density at radius 2 is 1.83 bits per heavy atom. The molecule has 0 bridgehead atoms. The number of thioether (sulfide) groups is 1. The summed E-state index contributed by atoms with van der Waals surface area (Å²) in [6, 6.07) is 15.1. The summed E-state index contributed by atoms with van der Waals surface area (Å²) in [6.07, 6.45) is 0. The highest BCUT2D eigenvalue weighted by Crippen LogP contribution is 2.25. The molecule has 7 nitrogen and oxygen atoms in total. The number of aryl methyl sites for hydroxylation is 1. The summed E-state index contributed by atoms with van der Waals surface area (Å²) in [6.45, 7) is 6.82. The van der Waals surface area contributed by atoms with Gasteiger partial charge in [-0.1, -0.05) is 30.0 Å². The van der Waals surface area contributed by atoms with Crippen molar-refractivity contribution >= 4 is 23.4 Å². The molecule has 0 saturated heterocycles. The summed E-state index contributed by atoms with van der Waals surface area (Å²) in [5, 5.41) is 11.9. The summed E-state index contributed by atoms with van der Waals surface area (Å²) in [5.41, 5.74) is 1.85. The van der Waals surface area contributed by atoms with Gasteiger partial charge in [-0.25, -0.2) is 0 Å². The number of carbonyl (C=O) groups excluding carboxylic acids is 1. The minimum atomic E-state index is -0.325. The van der Waals surface area contributed by atoms with Crippen molar-refractivity contribution in [3.8, 4) is 11.5 Å². The summed E-state index contributed by atoms with van der Waals surface area (Å²) in [7, 11) is 1.63. The number of rotatable bonds is 9. The maximum atomic E-state index is 12.6. The number of carbonyl (C=O) groups is 1. The number of amides is 1. The molecule has 0 aliphatic heterocycles. The number of nitrogens with one attached hydrogen (secondary N) is 1. The first-order valence-corrected chi connectivity index (χ1v) is 10.6. The smallest absolute Gasteiger partial charge is 0.237 e. The second-order valence-electron chi connectivity index (χ2n) is 6.67. The molecular weight excluding hydrogens is 400 g/mol. The molecule has 0 aliphatic carbocycles. The lowest BCUT2D eigenvalue weighted by Gasteiger charge is -2.14. The largest absolute Gasteiger partial charge is 0.497 e. The van der Waals surface area contributed by atoms with Gasteiger partial charge in [0.15, 0.2) is 11.0 Å². The molecular formula is C22H26N4O3S. The van der Waals surface area contributed by atoms with Crippen molar-refractivity contribution in [3.63, 3.8) is 0 Å². The normalized spacial score (nSPS) is 11.7. The summed E-state index contributed by atoms with van der Waals surface area (Å²) >= 11 is 1.38. The Balaban J connectivity index is 1.62. The van der Waals surface area contributed by atoms with Crippen molar-refractivity contribution in [1.29, 1.82) is 0 Å². The molecule has 1 atom stereocenters. The van der Waals surface area contributed by atoms with Crippen LogP contribution in [0.25, 0.3) is 0 Å². The van der Waals surface area contributed by atoms with Crippen LogP contribution in [0.2, 0.25) is 0 Å². The first-order valence-electron chi connectivity index (χ1n) is 9.74. The van der Waals surface area contributed by atoms with Gasteiger partial charge >= 0.3 is 0 Å². The molecule has 8 heteroatoms. The molecule has 0 unspecified atom stereocenters. The molecule has 0 radical (unpaired) electrons. The molecule has 1 amide bonds. The van der Waals surface area contributed by atoms with E-state index < -0.39 is 0 Å². The van der Waals surface area contributed by atoms with Gasteiger partial charge in [0, 0.05) is 12.2 Å². The summed E-state index contributed by atoms with van der Waals surface area (Å²) < 4.78 is 12.9. The van der Waals surface area contributed by atoms with E-state index in [4.69, 9.17) is 9.47 Å². The highest BCUT2D eigenvalue weighted by molar-refractivity contribution is 8.00. The average molecular weight is 427 g/mol. The topological polar surface area (TPSA) is 78.3 Å². The van der Waals surface area contributed by atoms with E-state index in [1.165, 1.54) is 11.8 Å². The van der Waals surface area contributed by atoms with Crippen molar-refractivity contribution in [2.45, 2.75) is 44.3 Å². The van der Waals surface area contributed by atoms with Crippen LogP contribution in [-0.2, 0) is 17.9 Å². The van der Waals surface area contributed by atoms with Crippen molar-refractivity contribution in [2.75, 3.05) is 12.4 Å². The van der Waals surface area contributed by atoms with Gasteiger partial charge in [0.05, 0.1) is 12.4 Å². The van der Waals surface area contributed by atoms with Crippen LogP contribution in [0.4, 0.5) is 5.69 Å². The van der Waals surface area contributed by atoms with Crippen molar-refractivity contribution in [2.24, 2.45) is 0 Å². The number of anilines is 1. The van der Waals surface area contributed by atoms with Gasteiger partial charge in [0.1, 0.15) is 18.1 Å². The van der Waals surface area contributed by atoms with Gasteiger partial charge < -0.3 is 19.4 Å². The molecule has 2 aromatic carbocycles. The lowest BCUT2D eigenvalue weighted by Crippen LogP contribution is -2.23. The minimum absolute atomic E-state index is 0.0732. The van der Waals surface area contributed by atoms with Crippen LogP contribution in [0.3, 0.4) is 0 Å². The standard InChI is InChI=1S/C22H26N4O3S/c1-5-26-20(14-29-18-12-10-17(28-4)11-13-18)24-25-22(26)30-16(3)21(27)23-19-9-7-6-8-15(19)2/h6-13,16H,5,14H2,1-4H3,(H,23,27)/t16-/m0/s1. The molecule has 3 rings (SSSR count). The third-order valence-corrected chi connectivity index (χ3v) is 5.67. The van der Waals surface area contributed by atoms with Gasteiger partial charge in [0.25, 0.3) is 0 Å². The Kier molecular flexibility index (Phi) is 7.35. The lowest BCUT2D eigenvalue weighted by molar-refractivity contribution is -0.115. The van der Waals surface area contributed by atoms with E-state index in [1.807, 2.05) is 73.9 Å². The van der Waals surface area contributed by atoms with Crippen LogP contribution in [0.5, 0.6) is 11.5 Å². The van der Waals surface area contributed by atoms with E-state index in [-0.39, 0.29) is 17.8 Å². The van der Waals surface area contributed by atoms with Crippen LogP contribution in [0, 0.1) is 6.92 Å². The number of hydrogen-bond acceptors (Lipinski definition) is 6. The van der Waals surface area contributed by atoms with E-state index >= 15 is 0 Å². The predicted octanol–water partition coefficient (Wildman–Crippen LogP) is 4.31. The van der Waals surface area contributed by atoms with E-state index in [0.717, 1.165) is 22.7 Å². The number of hydrogen-bond donors (Lipinski definition) is 1.